The van der Waals surface area contributed by atoms with E-state index in [4.69, 9.17) is 34.8 Å². The summed E-state index contributed by atoms with van der Waals surface area (Å²) in [6.07, 6.45) is 7.52. The van der Waals surface area contributed by atoms with Crippen LogP contribution >= 0.6 is 0 Å². The molecule has 9 heteroatoms. The van der Waals surface area contributed by atoms with E-state index in [0.717, 1.165) is 24.0 Å². The average Bonchev–Trinajstić information content (AvgIpc) is 3.53. The number of carbonyl (C=O) groups is 1. The zero-order chi connectivity index (χ0) is 30.2. The highest BCUT2D eigenvalue weighted by Gasteiger charge is 2.33. The van der Waals surface area contributed by atoms with Crippen LogP contribution in [0, 0.1) is 12.3 Å². The Hall–Kier alpha value is -4.39. The molecule has 0 radical (unpaired) electrons. The van der Waals surface area contributed by atoms with Gasteiger partial charge in [-0.3, -0.25) is 10.0 Å². The fourth-order valence-electron chi connectivity index (χ4n) is 5.08. The van der Waals surface area contributed by atoms with Crippen molar-refractivity contribution >= 4 is 5.91 Å². The van der Waals surface area contributed by atoms with Gasteiger partial charge < -0.3 is 28.4 Å². The Bertz CT molecular complexity index is 1390. The van der Waals surface area contributed by atoms with Crippen LogP contribution in [0.1, 0.15) is 71.5 Å². The van der Waals surface area contributed by atoms with Crippen molar-refractivity contribution in [2.24, 2.45) is 0 Å². The maximum Gasteiger partial charge on any atom is 0.278 e. The lowest BCUT2D eigenvalue weighted by Crippen LogP contribution is -2.31. The maximum atomic E-state index is 13.1. The van der Waals surface area contributed by atoms with Gasteiger partial charge in [0.05, 0.1) is 47.3 Å². The number of carbonyl (C=O) groups excluding carboxylic acids is 1. The first-order valence-corrected chi connectivity index (χ1v) is 13.7. The average molecular weight is 576 g/mol. The highest BCUT2D eigenvalue weighted by Crippen LogP contribution is 2.48. The number of hydrogen-bond donors (Lipinski definition) is 1. The molecule has 1 aliphatic heterocycles. The molecule has 0 aliphatic carbocycles. The van der Waals surface area contributed by atoms with Crippen LogP contribution < -0.4 is 23.7 Å². The zero-order valence-corrected chi connectivity index (χ0v) is 24.6. The van der Waals surface area contributed by atoms with Gasteiger partial charge >= 0.3 is 0 Å². The molecule has 3 atom stereocenters. The first kappa shape index (κ1) is 30.6. The first-order valence-electron chi connectivity index (χ1n) is 13.7. The summed E-state index contributed by atoms with van der Waals surface area (Å²) < 4.78 is 34.8. The quantitative estimate of drug-likeness (QED) is 0.153. The number of methoxy groups -OCH3 is 4. The fourth-order valence-corrected chi connectivity index (χ4v) is 5.08. The van der Waals surface area contributed by atoms with Gasteiger partial charge in [0.1, 0.15) is 6.04 Å². The molecule has 1 saturated heterocycles. The minimum atomic E-state index is -1.15. The lowest BCUT2D eigenvalue weighted by molar-refractivity contribution is -0.0760. The predicted molar refractivity (Wildman–Crippen MR) is 157 cm³/mol. The van der Waals surface area contributed by atoms with Gasteiger partial charge in [0.2, 0.25) is 5.75 Å². The van der Waals surface area contributed by atoms with Crippen LogP contribution in [0.4, 0.5) is 0 Å². The second kappa shape index (κ2) is 14.0. The number of rotatable bonds is 12. The maximum absolute atomic E-state index is 13.1. The van der Waals surface area contributed by atoms with Crippen LogP contribution in [-0.2, 0) is 4.74 Å². The Morgan fingerprint density at radius 1 is 0.929 bits per heavy atom. The molecule has 0 aromatic heterocycles. The molecule has 1 N–H and O–H groups in total. The SMILES string of the molecule is C#CC(c1cc(C2CCC(c3cc(OC)c(OC)c(OC)c3)O2)cc(OC)c1OCCC)N(O)C(=O)c1ccccc1. The normalized spacial score (nSPS) is 16.7. The van der Waals surface area contributed by atoms with Gasteiger partial charge in [-0.05, 0) is 66.8 Å². The number of hydrogen-bond acceptors (Lipinski definition) is 8. The summed E-state index contributed by atoms with van der Waals surface area (Å²) in [5, 5.41) is 11.6. The molecule has 42 heavy (non-hydrogen) atoms. The van der Waals surface area contributed by atoms with Crippen molar-refractivity contribution in [3.63, 3.8) is 0 Å². The Labute approximate surface area is 246 Å². The molecule has 1 amide bonds. The van der Waals surface area contributed by atoms with E-state index in [9.17, 15) is 10.0 Å². The van der Waals surface area contributed by atoms with E-state index in [0.29, 0.717) is 58.0 Å². The van der Waals surface area contributed by atoms with Crippen molar-refractivity contribution in [3.8, 4) is 41.1 Å². The molecule has 4 rings (SSSR count). The molecule has 222 valence electrons. The van der Waals surface area contributed by atoms with Crippen molar-refractivity contribution in [2.45, 2.75) is 44.4 Å². The van der Waals surface area contributed by atoms with E-state index < -0.39 is 11.9 Å². The molecule has 3 aromatic carbocycles. The third-order valence-electron chi connectivity index (χ3n) is 7.15. The van der Waals surface area contributed by atoms with E-state index in [1.165, 1.54) is 7.11 Å². The van der Waals surface area contributed by atoms with E-state index in [-0.39, 0.29) is 12.2 Å². The molecular weight excluding hydrogens is 538 g/mol. The number of ether oxygens (including phenoxy) is 6. The molecule has 3 aromatic rings. The number of terminal acetylenes is 1. The topological polar surface area (TPSA) is 95.9 Å². The summed E-state index contributed by atoms with van der Waals surface area (Å²) in [7, 11) is 6.24. The number of amides is 1. The highest BCUT2D eigenvalue weighted by atomic mass is 16.5. The molecule has 1 aliphatic rings. The molecule has 1 heterocycles. The lowest BCUT2D eigenvalue weighted by atomic mass is 9.97. The lowest BCUT2D eigenvalue weighted by Gasteiger charge is -2.26. The van der Waals surface area contributed by atoms with Gasteiger partial charge in [-0.2, -0.15) is 0 Å². The summed E-state index contributed by atoms with van der Waals surface area (Å²) in [5.41, 5.74) is 2.39. The zero-order valence-electron chi connectivity index (χ0n) is 24.6. The van der Waals surface area contributed by atoms with Crippen molar-refractivity contribution in [3.05, 3.63) is 76.9 Å². The Morgan fingerprint density at radius 3 is 1.98 bits per heavy atom. The van der Waals surface area contributed by atoms with Crippen LogP contribution in [0.5, 0.6) is 28.7 Å². The number of hydroxylamine groups is 2. The van der Waals surface area contributed by atoms with Gasteiger partial charge in [0.25, 0.3) is 5.91 Å². The Kier molecular flexibility index (Phi) is 10.2. The summed E-state index contributed by atoms with van der Waals surface area (Å²) in [6.45, 7) is 2.37. The minimum Gasteiger partial charge on any atom is -0.493 e. The summed E-state index contributed by atoms with van der Waals surface area (Å²) in [4.78, 5) is 13.1. The summed E-state index contributed by atoms with van der Waals surface area (Å²) in [5.74, 6) is 4.32. The third-order valence-corrected chi connectivity index (χ3v) is 7.15. The molecule has 3 unspecified atom stereocenters. The van der Waals surface area contributed by atoms with Gasteiger partial charge in [-0.1, -0.05) is 31.0 Å². The van der Waals surface area contributed by atoms with Crippen LogP contribution in [0.3, 0.4) is 0 Å². The minimum absolute atomic E-state index is 0.244. The monoisotopic (exact) mass is 575 g/mol. The van der Waals surface area contributed by atoms with Gasteiger partial charge in [-0.25, -0.2) is 5.06 Å². The van der Waals surface area contributed by atoms with Crippen molar-refractivity contribution in [1.82, 2.24) is 5.06 Å². The molecular formula is C33H37NO8. The molecule has 9 nitrogen and oxygen atoms in total. The van der Waals surface area contributed by atoms with E-state index in [1.807, 2.05) is 31.2 Å². The van der Waals surface area contributed by atoms with Gasteiger partial charge in [-0.15, -0.1) is 6.42 Å². The van der Waals surface area contributed by atoms with Gasteiger partial charge in [0, 0.05) is 11.1 Å². The molecule has 0 bridgehead atoms. The Balaban J connectivity index is 1.71. The second-order valence-corrected chi connectivity index (χ2v) is 9.72. The smallest absolute Gasteiger partial charge is 0.278 e. The number of benzene rings is 3. The fraction of sp³-hybridized carbons (Fsp3) is 0.364. The van der Waals surface area contributed by atoms with E-state index in [2.05, 4.69) is 5.92 Å². The van der Waals surface area contributed by atoms with Crippen LogP contribution in [-0.4, -0.2) is 51.2 Å². The van der Waals surface area contributed by atoms with Crippen LogP contribution in [0.25, 0.3) is 0 Å². The van der Waals surface area contributed by atoms with Crippen LogP contribution in [0.2, 0.25) is 0 Å². The Morgan fingerprint density at radius 2 is 1.48 bits per heavy atom. The van der Waals surface area contributed by atoms with E-state index >= 15 is 0 Å². The highest BCUT2D eigenvalue weighted by molar-refractivity contribution is 5.93. The standard InChI is InChI=1S/C33H37NO8/c1-7-16-41-31-24(25(8-2)34(36)33(35)21-12-10-9-11-13-21)17-22(18-28(31)37-3)26-14-15-27(42-26)23-19-29(38-4)32(40-6)30(20-23)39-5/h2,9-13,17-20,25-27,36H,7,14-16H2,1,3-6H3. The largest absolute Gasteiger partial charge is 0.493 e. The predicted octanol–water partition coefficient (Wildman–Crippen LogP) is 6.31. The van der Waals surface area contributed by atoms with Crippen LogP contribution in [0.15, 0.2) is 54.6 Å². The molecule has 0 saturated carbocycles. The number of nitrogens with zero attached hydrogens (tertiary/aromatic N) is 1. The van der Waals surface area contributed by atoms with E-state index in [1.54, 1.807) is 51.7 Å². The summed E-state index contributed by atoms with van der Waals surface area (Å²) in [6, 6.07) is 14.7. The third kappa shape index (κ3) is 6.25. The van der Waals surface area contributed by atoms with Crippen molar-refractivity contribution in [1.29, 1.82) is 0 Å². The van der Waals surface area contributed by atoms with Gasteiger partial charge in [0.15, 0.2) is 23.0 Å². The molecule has 0 spiro atoms. The first-order chi connectivity index (χ1) is 20.4. The van der Waals surface area contributed by atoms with Crippen molar-refractivity contribution in [2.75, 3.05) is 35.0 Å². The second-order valence-electron chi connectivity index (χ2n) is 9.72. The van der Waals surface area contributed by atoms with Crippen molar-refractivity contribution < 1.29 is 38.4 Å². The molecule has 1 fully saturated rings. The summed E-state index contributed by atoms with van der Waals surface area (Å²) >= 11 is 0.